The van der Waals surface area contributed by atoms with Crippen LogP contribution in [0.1, 0.15) is 30.9 Å². The van der Waals surface area contributed by atoms with Gasteiger partial charge >= 0.3 is 0 Å². The fourth-order valence-corrected chi connectivity index (χ4v) is 4.33. The molecule has 3 heteroatoms. The number of ether oxygens (including phenoxy) is 1. The molecule has 4 rings (SSSR count). The minimum atomic E-state index is -0.425. The van der Waals surface area contributed by atoms with Crippen molar-refractivity contribution in [3.63, 3.8) is 0 Å². The van der Waals surface area contributed by atoms with Gasteiger partial charge in [-0.2, -0.15) is 0 Å². The average Bonchev–Trinajstić information content (AvgIpc) is 3.15. The van der Waals surface area contributed by atoms with Crippen LogP contribution in [0.15, 0.2) is 48.6 Å². The lowest BCUT2D eigenvalue weighted by molar-refractivity contribution is -0.132. The average molecular weight is 309 g/mol. The van der Waals surface area contributed by atoms with Crippen molar-refractivity contribution >= 4 is 5.91 Å². The van der Waals surface area contributed by atoms with E-state index in [1.807, 2.05) is 11.8 Å². The van der Waals surface area contributed by atoms with Crippen LogP contribution in [-0.4, -0.2) is 28.6 Å². The second-order valence-corrected chi connectivity index (χ2v) is 7.29. The van der Waals surface area contributed by atoms with Gasteiger partial charge in [-0.05, 0) is 32.3 Å². The highest BCUT2D eigenvalue weighted by molar-refractivity contribution is 5.85. The smallest absolute Gasteiger partial charge is 0.229 e. The van der Waals surface area contributed by atoms with Crippen molar-refractivity contribution in [1.82, 2.24) is 4.90 Å². The number of fused-ring (bicyclic) bond motifs is 1. The Morgan fingerprint density at radius 1 is 1.39 bits per heavy atom. The Morgan fingerprint density at radius 2 is 2.13 bits per heavy atom. The molecule has 0 aromatic heterocycles. The highest BCUT2D eigenvalue weighted by atomic mass is 16.5. The maximum atomic E-state index is 13.0. The number of likely N-dealkylation sites (tertiary alicyclic amines) is 1. The van der Waals surface area contributed by atoms with Crippen molar-refractivity contribution in [3.8, 4) is 0 Å². The third-order valence-electron chi connectivity index (χ3n) is 5.43. The molecule has 1 aromatic carbocycles. The van der Waals surface area contributed by atoms with E-state index in [-0.39, 0.29) is 24.0 Å². The molecule has 3 aliphatic heterocycles. The summed E-state index contributed by atoms with van der Waals surface area (Å²) >= 11 is 0. The first kappa shape index (κ1) is 14.7. The van der Waals surface area contributed by atoms with Crippen molar-refractivity contribution in [1.29, 1.82) is 0 Å². The first-order valence-electron chi connectivity index (χ1n) is 8.37. The second-order valence-electron chi connectivity index (χ2n) is 7.29. The summed E-state index contributed by atoms with van der Waals surface area (Å²) in [6.07, 6.45) is 6.02. The molecular weight excluding hydrogens is 286 g/mol. The van der Waals surface area contributed by atoms with E-state index in [1.54, 1.807) is 0 Å². The van der Waals surface area contributed by atoms with E-state index in [1.165, 1.54) is 11.1 Å². The molecule has 2 fully saturated rings. The highest BCUT2D eigenvalue weighted by Crippen LogP contribution is 2.53. The lowest BCUT2D eigenvalue weighted by Crippen LogP contribution is -2.44. The molecule has 1 aromatic rings. The van der Waals surface area contributed by atoms with Crippen LogP contribution in [0.3, 0.4) is 0 Å². The molecule has 23 heavy (non-hydrogen) atoms. The topological polar surface area (TPSA) is 29.5 Å². The fourth-order valence-electron chi connectivity index (χ4n) is 4.33. The lowest BCUT2D eigenvalue weighted by atomic mass is 9.80. The van der Waals surface area contributed by atoms with E-state index < -0.39 is 5.60 Å². The van der Waals surface area contributed by atoms with Gasteiger partial charge in [-0.15, -0.1) is 6.58 Å². The number of carbonyl (C=O) groups excluding carboxylic acids is 1. The van der Waals surface area contributed by atoms with E-state index >= 15 is 0 Å². The Balaban J connectivity index is 1.67. The third kappa shape index (κ3) is 2.18. The molecule has 1 spiro atoms. The van der Waals surface area contributed by atoms with Crippen LogP contribution in [0.4, 0.5) is 0 Å². The molecular formula is C20H23NO2. The standard InChI is InChI=1S/C20H23NO2/c1-13(2)10-18-20-9-8-16(23-20)11-17(20)19(22)21(18)12-15-6-4-14(3)5-7-15/h4-9,16-18H,1,10-12H2,2-3H3/t16-,17+,18+,20+/m1/s1. The minimum absolute atomic E-state index is 0.0210. The third-order valence-corrected chi connectivity index (χ3v) is 5.43. The molecule has 1 amide bonds. The van der Waals surface area contributed by atoms with Crippen LogP contribution in [0.5, 0.6) is 0 Å². The van der Waals surface area contributed by atoms with E-state index in [4.69, 9.17) is 4.74 Å². The number of amides is 1. The predicted octanol–water partition coefficient (Wildman–Crippen LogP) is 3.39. The molecule has 0 aliphatic carbocycles. The molecule has 0 saturated carbocycles. The van der Waals surface area contributed by atoms with Crippen molar-refractivity contribution in [2.45, 2.75) is 51.0 Å². The summed E-state index contributed by atoms with van der Waals surface area (Å²) in [6, 6.07) is 8.48. The van der Waals surface area contributed by atoms with Gasteiger partial charge in [-0.1, -0.05) is 47.6 Å². The van der Waals surface area contributed by atoms with Gasteiger partial charge in [0.2, 0.25) is 5.91 Å². The van der Waals surface area contributed by atoms with Crippen LogP contribution < -0.4 is 0 Å². The summed E-state index contributed by atoms with van der Waals surface area (Å²) in [7, 11) is 0. The Hall–Kier alpha value is -1.87. The van der Waals surface area contributed by atoms with Crippen molar-refractivity contribution in [2.75, 3.05) is 0 Å². The van der Waals surface area contributed by atoms with E-state index in [0.29, 0.717) is 6.54 Å². The number of nitrogens with zero attached hydrogens (tertiary/aromatic N) is 1. The maximum absolute atomic E-state index is 13.0. The largest absolute Gasteiger partial charge is 0.361 e. The normalized spacial score (nSPS) is 34.3. The Bertz CT molecular complexity index is 690. The molecule has 3 nitrogen and oxygen atoms in total. The van der Waals surface area contributed by atoms with Crippen LogP contribution in [0.25, 0.3) is 0 Å². The van der Waals surface area contributed by atoms with Gasteiger partial charge in [-0.25, -0.2) is 0 Å². The Morgan fingerprint density at radius 3 is 2.78 bits per heavy atom. The fraction of sp³-hybridized carbons (Fsp3) is 0.450. The molecule has 4 atom stereocenters. The predicted molar refractivity (Wildman–Crippen MR) is 89.8 cm³/mol. The van der Waals surface area contributed by atoms with Gasteiger partial charge in [0.1, 0.15) is 5.60 Å². The SMILES string of the molecule is C=C(C)C[C@@H]1N(Cc2ccc(C)cc2)C(=O)[C@@H]2C[C@H]3C=C[C@@]12O3. The molecule has 3 aliphatic rings. The van der Waals surface area contributed by atoms with Gasteiger partial charge in [-0.3, -0.25) is 4.79 Å². The Labute approximate surface area is 137 Å². The van der Waals surface area contributed by atoms with Crippen molar-refractivity contribution in [2.24, 2.45) is 5.92 Å². The summed E-state index contributed by atoms with van der Waals surface area (Å²) < 4.78 is 6.24. The zero-order valence-electron chi connectivity index (χ0n) is 13.8. The van der Waals surface area contributed by atoms with Crippen molar-refractivity contribution in [3.05, 3.63) is 59.7 Å². The Kier molecular flexibility index (Phi) is 3.24. The zero-order valence-corrected chi connectivity index (χ0v) is 13.8. The lowest BCUT2D eigenvalue weighted by Gasteiger charge is -2.33. The van der Waals surface area contributed by atoms with Crippen molar-refractivity contribution < 1.29 is 9.53 Å². The molecule has 2 saturated heterocycles. The minimum Gasteiger partial charge on any atom is -0.361 e. The quantitative estimate of drug-likeness (QED) is 0.798. The summed E-state index contributed by atoms with van der Waals surface area (Å²) in [4.78, 5) is 15.0. The number of carbonyl (C=O) groups is 1. The molecule has 3 heterocycles. The van der Waals surface area contributed by atoms with Crippen LogP contribution >= 0.6 is 0 Å². The maximum Gasteiger partial charge on any atom is 0.229 e. The number of hydrogen-bond acceptors (Lipinski definition) is 2. The van der Waals surface area contributed by atoms with E-state index in [9.17, 15) is 4.79 Å². The highest BCUT2D eigenvalue weighted by Gasteiger charge is 2.65. The van der Waals surface area contributed by atoms with Crippen LogP contribution in [-0.2, 0) is 16.1 Å². The molecule has 0 radical (unpaired) electrons. The summed E-state index contributed by atoms with van der Waals surface area (Å²) in [5.41, 5.74) is 3.08. The van der Waals surface area contributed by atoms with Crippen LogP contribution in [0, 0.1) is 12.8 Å². The summed E-state index contributed by atoms with van der Waals surface area (Å²) in [5.74, 6) is 0.218. The van der Waals surface area contributed by atoms with Gasteiger partial charge in [0.05, 0.1) is 18.1 Å². The molecule has 2 bridgehead atoms. The van der Waals surface area contributed by atoms with Gasteiger partial charge in [0.25, 0.3) is 0 Å². The van der Waals surface area contributed by atoms with E-state index in [2.05, 4.69) is 49.9 Å². The number of aryl methyl sites for hydroxylation is 1. The number of rotatable bonds is 4. The zero-order chi connectivity index (χ0) is 16.2. The molecule has 0 unspecified atom stereocenters. The number of hydrogen-bond donors (Lipinski definition) is 0. The van der Waals surface area contributed by atoms with E-state index in [0.717, 1.165) is 18.4 Å². The van der Waals surface area contributed by atoms with Gasteiger partial charge < -0.3 is 9.64 Å². The monoisotopic (exact) mass is 309 g/mol. The summed E-state index contributed by atoms with van der Waals surface area (Å²) in [6.45, 7) is 8.83. The first-order chi connectivity index (χ1) is 11.0. The molecule has 120 valence electrons. The first-order valence-corrected chi connectivity index (χ1v) is 8.37. The second kappa shape index (κ2) is 5.07. The van der Waals surface area contributed by atoms with Gasteiger partial charge in [0, 0.05) is 6.54 Å². The number of benzene rings is 1. The summed E-state index contributed by atoms with van der Waals surface area (Å²) in [5, 5.41) is 0. The van der Waals surface area contributed by atoms with Gasteiger partial charge in [0.15, 0.2) is 0 Å². The molecule has 0 N–H and O–H groups in total. The van der Waals surface area contributed by atoms with Crippen LogP contribution in [0.2, 0.25) is 0 Å².